The minimum absolute atomic E-state index is 0.0118. The molecule has 2 rings (SSSR count). The molecule has 1 aliphatic rings. The van der Waals surface area contributed by atoms with Gasteiger partial charge >= 0.3 is 0 Å². The van der Waals surface area contributed by atoms with Crippen molar-refractivity contribution >= 4 is 21.8 Å². The van der Waals surface area contributed by atoms with E-state index >= 15 is 0 Å². The summed E-state index contributed by atoms with van der Waals surface area (Å²) < 4.78 is 5.91. The molecule has 0 bridgehead atoms. The number of carbonyl (C=O) groups excluding carboxylic acids is 1. The van der Waals surface area contributed by atoms with E-state index in [1.807, 2.05) is 4.90 Å². The molecule has 2 heterocycles. The van der Waals surface area contributed by atoms with Crippen LogP contribution < -0.4 is 0 Å². The Balaban J connectivity index is 2.05. The van der Waals surface area contributed by atoms with Gasteiger partial charge in [0, 0.05) is 25.7 Å². The van der Waals surface area contributed by atoms with Gasteiger partial charge in [-0.25, -0.2) is 0 Å². The van der Waals surface area contributed by atoms with Crippen LogP contribution in [-0.4, -0.2) is 48.4 Å². The second-order valence-corrected chi connectivity index (χ2v) is 5.18. The Bertz CT molecular complexity index is 405. The number of hydrogen-bond donors (Lipinski definition) is 0. The van der Waals surface area contributed by atoms with E-state index in [1.165, 1.54) is 0 Å². The lowest BCUT2D eigenvalue weighted by atomic mass is 10.1. The van der Waals surface area contributed by atoms with Crippen molar-refractivity contribution in [1.29, 1.82) is 0 Å². The SMILES string of the molecule is CCC1CN(C(=O)c2ccc(Br)o2)CCN1C. The van der Waals surface area contributed by atoms with E-state index in [0.717, 1.165) is 26.1 Å². The summed E-state index contributed by atoms with van der Waals surface area (Å²) in [6.45, 7) is 4.62. The summed E-state index contributed by atoms with van der Waals surface area (Å²) >= 11 is 3.21. The molecule has 1 aromatic heterocycles. The molecule has 1 unspecified atom stereocenters. The number of hydrogen-bond acceptors (Lipinski definition) is 3. The summed E-state index contributed by atoms with van der Waals surface area (Å²) in [6.07, 6.45) is 1.06. The second-order valence-electron chi connectivity index (χ2n) is 4.40. The van der Waals surface area contributed by atoms with Crippen molar-refractivity contribution < 1.29 is 9.21 Å². The lowest BCUT2D eigenvalue weighted by molar-refractivity contribution is 0.0512. The van der Waals surface area contributed by atoms with Gasteiger partial charge in [-0.3, -0.25) is 9.69 Å². The van der Waals surface area contributed by atoms with Crippen LogP contribution in [0.3, 0.4) is 0 Å². The average molecular weight is 301 g/mol. The van der Waals surface area contributed by atoms with Crippen LogP contribution in [0.25, 0.3) is 0 Å². The first-order chi connectivity index (χ1) is 8.11. The molecular formula is C12H17BrN2O2. The molecule has 0 spiro atoms. The van der Waals surface area contributed by atoms with Gasteiger partial charge in [-0.15, -0.1) is 0 Å². The van der Waals surface area contributed by atoms with Crippen molar-refractivity contribution in [2.75, 3.05) is 26.7 Å². The van der Waals surface area contributed by atoms with Gasteiger partial charge < -0.3 is 9.32 Å². The first-order valence-electron chi connectivity index (χ1n) is 5.86. The van der Waals surface area contributed by atoms with Crippen molar-refractivity contribution in [3.05, 3.63) is 22.6 Å². The van der Waals surface area contributed by atoms with Gasteiger partial charge in [0.15, 0.2) is 10.4 Å². The van der Waals surface area contributed by atoms with E-state index in [9.17, 15) is 4.79 Å². The normalized spacial score (nSPS) is 21.8. The molecule has 17 heavy (non-hydrogen) atoms. The molecule has 4 nitrogen and oxygen atoms in total. The lowest BCUT2D eigenvalue weighted by Gasteiger charge is -2.38. The third-order valence-corrected chi connectivity index (χ3v) is 3.75. The Labute approximate surface area is 110 Å². The molecule has 94 valence electrons. The maximum absolute atomic E-state index is 12.2. The van der Waals surface area contributed by atoms with Gasteiger partial charge in [0.1, 0.15) is 0 Å². The molecule has 5 heteroatoms. The number of likely N-dealkylation sites (N-methyl/N-ethyl adjacent to an activating group) is 1. The zero-order valence-electron chi connectivity index (χ0n) is 10.1. The summed E-state index contributed by atoms with van der Waals surface area (Å²) in [5, 5.41) is 0. The van der Waals surface area contributed by atoms with Crippen LogP contribution in [0.4, 0.5) is 0 Å². The Kier molecular flexibility index (Phi) is 3.89. The number of nitrogens with zero attached hydrogens (tertiary/aromatic N) is 2. The highest BCUT2D eigenvalue weighted by Gasteiger charge is 2.27. The molecule has 1 amide bonds. The van der Waals surface area contributed by atoms with Crippen LogP contribution in [0, 0.1) is 0 Å². The van der Waals surface area contributed by atoms with Gasteiger partial charge in [-0.1, -0.05) is 6.92 Å². The Morgan fingerprint density at radius 1 is 1.53 bits per heavy atom. The summed E-state index contributed by atoms with van der Waals surface area (Å²) in [4.78, 5) is 16.4. The minimum atomic E-state index is -0.0118. The third kappa shape index (κ3) is 2.72. The van der Waals surface area contributed by atoms with Crippen LogP contribution in [0.2, 0.25) is 0 Å². The smallest absolute Gasteiger partial charge is 0.289 e. The molecular weight excluding hydrogens is 284 g/mol. The molecule has 0 aliphatic carbocycles. The number of rotatable bonds is 2. The number of piperazine rings is 1. The molecule has 0 saturated carbocycles. The highest BCUT2D eigenvalue weighted by atomic mass is 79.9. The summed E-state index contributed by atoms with van der Waals surface area (Å²) in [5.74, 6) is 0.401. The van der Waals surface area contributed by atoms with E-state index in [0.29, 0.717) is 16.5 Å². The van der Waals surface area contributed by atoms with E-state index < -0.39 is 0 Å². The quantitative estimate of drug-likeness (QED) is 0.840. The molecule has 1 atom stereocenters. The van der Waals surface area contributed by atoms with Gasteiger partial charge in [-0.2, -0.15) is 0 Å². The molecule has 0 aromatic carbocycles. The Morgan fingerprint density at radius 3 is 2.88 bits per heavy atom. The lowest BCUT2D eigenvalue weighted by Crippen LogP contribution is -2.52. The average Bonchev–Trinajstić information content (AvgIpc) is 2.75. The van der Waals surface area contributed by atoms with E-state index in [-0.39, 0.29) is 5.91 Å². The number of furan rings is 1. The largest absolute Gasteiger partial charge is 0.444 e. The van der Waals surface area contributed by atoms with Crippen molar-refractivity contribution in [3.8, 4) is 0 Å². The standard InChI is InChI=1S/C12H17BrN2O2/c1-3-9-8-15(7-6-14(9)2)12(16)10-4-5-11(13)17-10/h4-5,9H,3,6-8H2,1-2H3. The van der Waals surface area contributed by atoms with Crippen LogP contribution in [0.1, 0.15) is 23.9 Å². The zero-order chi connectivity index (χ0) is 12.4. The van der Waals surface area contributed by atoms with Crippen LogP contribution in [0.15, 0.2) is 21.2 Å². The monoisotopic (exact) mass is 300 g/mol. The molecule has 1 aromatic rings. The van der Waals surface area contributed by atoms with Gasteiger partial charge in [0.2, 0.25) is 0 Å². The van der Waals surface area contributed by atoms with Crippen molar-refractivity contribution in [2.24, 2.45) is 0 Å². The van der Waals surface area contributed by atoms with Gasteiger partial charge in [-0.05, 0) is 41.5 Å². The fraction of sp³-hybridized carbons (Fsp3) is 0.583. The molecule has 1 fully saturated rings. The third-order valence-electron chi connectivity index (χ3n) is 3.32. The molecule has 1 saturated heterocycles. The van der Waals surface area contributed by atoms with Crippen molar-refractivity contribution in [3.63, 3.8) is 0 Å². The topological polar surface area (TPSA) is 36.7 Å². The summed E-state index contributed by atoms with van der Waals surface area (Å²) in [5.41, 5.74) is 0. The predicted octanol–water partition coefficient (Wildman–Crippen LogP) is 2.21. The highest BCUT2D eigenvalue weighted by molar-refractivity contribution is 9.10. The highest BCUT2D eigenvalue weighted by Crippen LogP contribution is 2.18. The zero-order valence-corrected chi connectivity index (χ0v) is 11.7. The van der Waals surface area contributed by atoms with Crippen molar-refractivity contribution in [1.82, 2.24) is 9.80 Å². The van der Waals surface area contributed by atoms with Gasteiger partial charge in [0.05, 0.1) is 0 Å². The number of carbonyl (C=O) groups is 1. The fourth-order valence-corrected chi connectivity index (χ4v) is 2.46. The predicted molar refractivity (Wildman–Crippen MR) is 69.0 cm³/mol. The van der Waals surface area contributed by atoms with Crippen molar-refractivity contribution in [2.45, 2.75) is 19.4 Å². The first-order valence-corrected chi connectivity index (χ1v) is 6.66. The maximum Gasteiger partial charge on any atom is 0.289 e. The number of halogens is 1. The number of amides is 1. The van der Waals surface area contributed by atoms with E-state index in [1.54, 1.807) is 12.1 Å². The first kappa shape index (κ1) is 12.6. The van der Waals surface area contributed by atoms with E-state index in [4.69, 9.17) is 4.42 Å². The summed E-state index contributed by atoms with van der Waals surface area (Å²) in [6, 6.07) is 3.91. The molecule has 0 radical (unpaired) electrons. The second kappa shape index (κ2) is 5.23. The van der Waals surface area contributed by atoms with Crippen LogP contribution in [-0.2, 0) is 0 Å². The molecule has 1 aliphatic heterocycles. The van der Waals surface area contributed by atoms with Gasteiger partial charge in [0.25, 0.3) is 5.91 Å². The molecule has 0 N–H and O–H groups in total. The summed E-state index contributed by atoms with van der Waals surface area (Å²) in [7, 11) is 2.11. The minimum Gasteiger partial charge on any atom is -0.444 e. The van der Waals surface area contributed by atoms with E-state index in [2.05, 4.69) is 34.8 Å². The van der Waals surface area contributed by atoms with Crippen LogP contribution in [0.5, 0.6) is 0 Å². The fourth-order valence-electron chi connectivity index (χ4n) is 2.16. The Morgan fingerprint density at radius 2 is 2.29 bits per heavy atom. The van der Waals surface area contributed by atoms with Crippen LogP contribution >= 0.6 is 15.9 Å². The Hall–Kier alpha value is -0.810. The maximum atomic E-state index is 12.2.